The van der Waals surface area contributed by atoms with E-state index in [9.17, 15) is 5.11 Å². The van der Waals surface area contributed by atoms with Crippen LogP contribution < -0.4 is 0 Å². The van der Waals surface area contributed by atoms with Gasteiger partial charge in [-0.15, -0.1) is 0 Å². The van der Waals surface area contributed by atoms with Crippen LogP contribution in [0.2, 0.25) is 0 Å². The fourth-order valence-corrected chi connectivity index (χ4v) is 3.59. The van der Waals surface area contributed by atoms with E-state index in [1.165, 1.54) is 12.0 Å². The molecule has 3 unspecified atom stereocenters. The van der Waals surface area contributed by atoms with Gasteiger partial charge in [0.1, 0.15) is 0 Å². The first-order chi connectivity index (χ1) is 8.15. The monoisotopic (exact) mass is 231 g/mol. The lowest BCUT2D eigenvalue weighted by molar-refractivity contribution is 0.0165. The Morgan fingerprint density at radius 1 is 1.29 bits per heavy atom. The van der Waals surface area contributed by atoms with Crippen molar-refractivity contribution in [3.05, 3.63) is 35.9 Å². The molecule has 3 rings (SSSR count). The molecular weight excluding hydrogens is 210 g/mol. The highest BCUT2D eigenvalue weighted by Crippen LogP contribution is 2.44. The maximum absolute atomic E-state index is 10.3. The van der Waals surface area contributed by atoms with Crippen molar-refractivity contribution in [3.63, 3.8) is 0 Å². The highest BCUT2D eigenvalue weighted by molar-refractivity contribution is 5.15. The molecule has 1 N–H and O–H groups in total. The van der Waals surface area contributed by atoms with E-state index in [2.05, 4.69) is 35.2 Å². The highest BCUT2D eigenvalue weighted by atomic mass is 16.3. The van der Waals surface area contributed by atoms with E-state index in [4.69, 9.17) is 0 Å². The second kappa shape index (κ2) is 4.11. The summed E-state index contributed by atoms with van der Waals surface area (Å²) in [5, 5.41) is 10.3. The fourth-order valence-electron chi connectivity index (χ4n) is 3.59. The Bertz CT molecular complexity index is 387. The average molecular weight is 231 g/mol. The molecule has 2 heteroatoms. The molecule has 0 spiro atoms. The molecular formula is C15H21NO. The van der Waals surface area contributed by atoms with Crippen LogP contribution >= 0.6 is 0 Å². The van der Waals surface area contributed by atoms with Gasteiger partial charge in [-0.1, -0.05) is 30.3 Å². The third-order valence-corrected chi connectivity index (χ3v) is 4.59. The molecule has 1 aliphatic heterocycles. The van der Waals surface area contributed by atoms with Crippen LogP contribution in [0.4, 0.5) is 0 Å². The maximum atomic E-state index is 10.3. The summed E-state index contributed by atoms with van der Waals surface area (Å²) in [5.74, 6) is 1.21. The zero-order valence-electron chi connectivity index (χ0n) is 10.5. The first kappa shape index (κ1) is 11.2. The van der Waals surface area contributed by atoms with Crippen molar-refractivity contribution < 1.29 is 5.11 Å². The molecule has 0 radical (unpaired) electrons. The Labute approximate surface area is 103 Å². The number of benzene rings is 1. The first-order valence-corrected chi connectivity index (χ1v) is 6.64. The normalized spacial score (nSPS) is 37.3. The zero-order chi connectivity index (χ0) is 11.9. The number of fused-ring (bicyclic) bond motifs is 1. The standard InChI is InChI=1S/C15H21NO/c1-15(17)8-7-13-10-16(11-14(13)15)9-12-5-3-2-4-6-12/h2-6,13-14,17H,7-11H2,1H3. The van der Waals surface area contributed by atoms with Crippen molar-refractivity contribution >= 4 is 0 Å². The van der Waals surface area contributed by atoms with E-state index in [1.807, 2.05) is 6.92 Å². The van der Waals surface area contributed by atoms with Crippen LogP contribution in [0.25, 0.3) is 0 Å². The van der Waals surface area contributed by atoms with Gasteiger partial charge in [-0.05, 0) is 31.2 Å². The summed E-state index contributed by atoms with van der Waals surface area (Å²) in [4.78, 5) is 2.50. The molecule has 0 bridgehead atoms. The van der Waals surface area contributed by atoms with Crippen molar-refractivity contribution in [1.82, 2.24) is 4.90 Å². The van der Waals surface area contributed by atoms with Gasteiger partial charge in [-0.3, -0.25) is 4.90 Å². The Kier molecular flexibility index (Phi) is 2.72. The minimum atomic E-state index is -0.421. The number of likely N-dealkylation sites (tertiary alicyclic amines) is 1. The van der Waals surface area contributed by atoms with Crippen LogP contribution in [0.1, 0.15) is 25.3 Å². The molecule has 0 aromatic heterocycles. The van der Waals surface area contributed by atoms with Gasteiger partial charge >= 0.3 is 0 Å². The molecule has 1 saturated carbocycles. The minimum Gasteiger partial charge on any atom is -0.390 e. The van der Waals surface area contributed by atoms with E-state index in [0.717, 1.165) is 26.1 Å². The van der Waals surface area contributed by atoms with E-state index >= 15 is 0 Å². The van der Waals surface area contributed by atoms with Crippen LogP contribution in [-0.2, 0) is 6.54 Å². The lowest BCUT2D eigenvalue weighted by atomic mass is 9.90. The van der Waals surface area contributed by atoms with Crippen LogP contribution in [0.3, 0.4) is 0 Å². The summed E-state index contributed by atoms with van der Waals surface area (Å²) in [6.07, 6.45) is 2.18. The second-order valence-corrected chi connectivity index (χ2v) is 5.94. The Morgan fingerprint density at radius 2 is 2.06 bits per heavy atom. The van der Waals surface area contributed by atoms with Gasteiger partial charge in [0.15, 0.2) is 0 Å². The largest absolute Gasteiger partial charge is 0.390 e. The smallest absolute Gasteiger partial charge is 0.0663 e. The Hall–Kier alpha value is -0.860. The molecule has 1 saturated heterocycles. The third kappa shape index (κ3) is 2.12. The molecule has 0 amide bonds. The molecule has 3 atom stereocenters. The summed E-state index contributed by atoms with van der Waals surface area (Å²) < 4.78 is 0. The maximum Gasteiger partial charge on any atom is 0.0663 e. The molecule has 1 aliphatic carbocycles. The van der Waals surface area contributed by atoms with Crippen molar-refractivity contribution in [2.24, 2.45) is 11.8 Å². The van der Waals surface area contributed by atoms with Gasteiger partial charge in [-0.25, -0.2) is 0 Å². The van der Waals surface area contributed by atoms with E-state index < -0.39 is 5.60 Å². The molecule has 1 aromatic rings. The molecule has 2 aliphatic rings. The average Bonchev–Trinajstić information content (AvgIpc) is 2.82. The van der Waals surface area contributed by atoms with E-state index in [0.29, 0.717) is 11.8 Å². The molecule has 2 nitrogen and oxygen atoms in total. The first-order valence-electron chi connectivity index (χ1n) is 6.64. The van der Waals surface area contributed by atoms with Crippen molar-refractivity contribution in [3.8, 4) is 0 Å². The summed E-state index contributed by atoms with van der Waals surface area (Å²) in [6, 6.07) is 10.6. The SMILES string of the molecule is CC1(O)CCC2CN(Cc3ccccc3)CC21. The van der Waals surface area contributed by atoms with Crippen molar-refractivity contribution in [2.45, 2.75) is 31.9 Å². The molecule has 17 heavy (non-hydrogen) atoms. The number of aliphatic hydroxyl groups is 1. The summed E-state index contributed by atoms with van der Waals surface area (Å²) in [7, 11) is 0. The molecule has 92 valence electrons. The zero-order valence-corrected chi connectivity index (χ0v) is 10.5. The van der Waals surface area contributed by atoms with Crippen LogP contribution in [0, 0.1) is 11.8 Å². The fraction of sp³-hybridized carbons (Fsp3) is 0.600. The van der Waals surface area contributed by atoms with Gasteiger partial charge < -0.3 is 5.11 Å². The van der Waals surface area contributed by atoms with Gasteiger partial charge in [-0.2, -0.15) is 0 Å². The highest BCUT2D eigenvalue weighted by Gasteiger charge is 2.48. The van der Waals surface area contributed by atoms with E-state index in [1.54, 1.807) is 0 Å². The summed E-state index contributed by atoms with van der Waals surface area (Å²) in [5.41, 5.74) is 0.961. The van der Waals surface area contributed by atoms with Gasteiger partial charge in [0.2, 0.25) is 0 Å². The van der Waals surface area contributed by atoms with Gasteiger partial charge in [0, 0.05) is 25.6 Å². The number of hydrogen-bond donors (Lipinski definition) is 1. The number of rotatable bonds is 2. The molecule has 1 aromatic carbocycles. The molecule has 2 fully saturated rings. The van der Waals surface area contributed by atoms with Crippen LogP contribution in [0.5, 0.6) is 0 Å². The number of nitrogens with zero attached hydrogens (tertiary/aromatic N) is 1. The Balaban J connectivity index is 1.66. The second-order valence-electron chi connectivity index (χ2n) is 5.94. The predicted octanol–water partition coefficient (Wildman–Crippen LogP) is 2.28. The van der Waals surface area contributed by atoms with E-state index in [-0.39, 0.29) is 0 Å². The van der Waals surface area contributed by atoms with Crippen molar-refractivity contribution in [2.75, 3.05) is 13.1 Å². The lowest BCUT2D eigenvalue weighted by Gasteiger charge is -2.25. The quantitative estimate of drug-likeness (QED) is 0.844. The van der Waals surface area contributed by atoms with Crippen LogP contribution in [-0.4, -0.2) is 28.7 Å². The van der Waals surface area contributed by atoms with Crippen LogP contribution in [0.15, 0.2) is 30.3 Å². The van der Waals surface area contributed by atoms with Crippen molar-refractivity contribution in [1.29, 1.82) is 0 Å². The topological polar surface area (TPSA) is 23.5 Å². The summed E-state index contributed by atoms with van der Waals surface area (Å²) in [6.45, 7) is 5.27. The lowest BCUT2D eigenvalue weighted by Crippen LogP contribution is -2.33. The Morgan fingerprint density at radius 3 is 2.76 bits per heavy atom. The van der Waals surface area contributed by atoms with Gasteiger partial charge in [0.25, 0.3) is 0 Å². The third-order valence-electron chi connectivity index (χ3n) is 4.59. The number of hydrogen-bond acceptors (Lipinski definition) is 2. The van der Waals surface area contributed by atoms with Gasteiger partial charge in [0.05, 0.1) is 5.60 Å². The summed E-state index contributed by atoms with van der Waals surface area (Å²) >= 11 is 0. The predicted molar refractivity (Wildman–Crippen MR) is 68.6 cm³/mol. The minimum absolute atomic E-state index is 0.421. The molecule has 1 heterocycles.